The molecule has 152 valence electrons. The molecule has 10 heteroatoms. The summed E-state index contributed by atoms with van der Waals surface area (Å²) in [5.41, 5.74) is 6.70. The van der Waals surface area contributed by atoms with E-state index in [0.717, 1.165) is 5.01 Å². The van der Waals surface area contributed by atoms with Crippen molar-refractivity contribution < 1.29 is 19.1 Å². The lowest BCUT2D eigenvalue weighted by Gasteiger charge is -2.12. The highest BCUT2D eigenvalue weighted by atomic mass is 35.5. The van der Waals surface area contributed by atoms with Gasteiger partial charge >= 0.3 is 5.97 Å². The number of anilines is 1. The molecule has 0 fully saturated rings. The standard InChI is InChI=1S/C18H22N4O4S.ClH/c1-3-26-18(25)11(2)20-16(23)12-4-6-13(7-5-12)21-17(24)14-10-27-15(22-14)8-9-19;/h4-7,10-11H,3,8-9,19H2,1-2H3,(H,20,23)(H,21,24);1H. The van der Waals surface area contributed by atoms with Gasteiger partial charge in [-0.05, 0) is 44.7 Å². The van der Waals surface area contributed by atoms with E-state index in [1.807, 2.05) is 0 Å². The molecule has 2 aromatic rings. The summed E-state index contributed by atoms with van der Waals surface area (Å²) < 4.78 is 4.85. The van der Waals surface area contributed by atoms with Crippen molar-refractivity contribution in [1.29, 1.82) is 0 Å². The van der Waals surface area contributed by atoms with Crippen LogP contribution in [-0.4, -0.2) is 42.0 Å². The highest BCUT2D eigenvalue weighted by molar-refractivity contribution is 7.09. The summed E-state index contributed by atoms with van der Waals surface area (Å²) in [6.45, 7) is 3.98. The first-order valence-corrected chi connectivity index (χ1v) is 9.36. The van der Waals surface area contributed by atoms with E-state index in [1.165, 1.54) is 11.3 Å². The van der Waals surface area contributed by atoms with Crippen LogP contribution in [0, 0.1) is 0 Å². The minimum Gasteiger partial charge on any atom is -0.464 e. The summed E-state index contributed by atoms with van der Waals surface area (Å²) >= 11 is 1.39. The van der Waals surface area contributed by atoms with E-state index in [0.29, 0.717) is 29.9 Å². The van der Waals surface area contributed by atoms with Gasteiger partial charge in [-0.3, -0.25) is 9.59 Å². The number of thiazole rings is 1. The normalized spacial score (nSPS) is 11.1. The van der Waals surface area contributed by atoms with Crippen molar-refractivity contribution >= 4 is 47.2 Å². The summed E-state index contributed by atoms with van der Waals surface area (Å²) in [6.07, 6.45) is 0.631. The minimum absolute atomic E-state index is 0. The van der Waals surface area contributed by atoms with Crippen LogP contribution in [0.4, 0.5) is 5.69 Å². The Hall–Kier alpha value is -2.49. The van der Waals surface area contributed by atoms with Crippen molar-refractivity contribution in [3.05, 3.63) is 45.9 Å². The van der Waals surface area contributed by atoms with Gasteiger partial charge in [0.05, 0.1) is 11.6 Å². The largest absolute Gasteiger partial charge is 0.464 e. The van der Waals surface area contributed by atoms with Gasteiger partial charge in [0.25, 0.3) is 11.8 Å². The summed E-state index contributed by atoms with van der Waals surface area (Å²) in [5, 5.41) is 7.78. The molecule has 1 heterocycles. The predicted octanol–water partition coefficient (Wildman–Crippen LogP) is 2.00. The highest BCUT2D eigenvalue weighted by Crippen LogP contribution is 2.14. The SMILES string of the molecule is CCOC(=O)C(C)NC(=O)c1ccc(NC(=O)c2csc(CCN)n2)cc1.Cl. The maximum absolute atomic E-state index is 12.2. The van der Waals surface area contributed by atoms with Crippen molar-refractivity contribution in [3.63, 3.8) is 0 Å². The van der Waals surface area contributed by atoms with Crippen molar-refractivity contribution in [1.82, 2.24) is 10.3 Å². The molecule has 1 unspecified atom stereocenters. The summed E-state index contributed by atoms with van der Waals surface area (Å²) in [7, 11) is 0. The lowest BCUT2D eigenvalue weighted by Crippen LogP contribution is -2.39. The Morgan fingerprint density at radius 3 is 2.50 bits per heavy atom. The molecule has 1 aromatic carbocycles. The zero-order chi connectivity index (χ0) is 19.8. The fraction of sp³-hybridized carbons (Fsp3) is 0.333. The van der Waals surface area contributed by atoms with Crippen LogP contribution >= 0.6 is 23.7 Å². The van der Waals surface area contributed by atoms with E-state index in [9.17, 15) is 14.4 Å². The van der Waals surface area contributed by atoms with Crippen molar-refractivity contribution in [2.75, 3.05) is 18.5 Å². The molecule has 0 saturated heterocycles. The van der Waals surface area contributed by atoms with Crippen LogP contribution in [0.5, 0.6) is 0 Å². The number of nitrogens with one attached hydrogen (secondary N) is 2. The Kier molecular flexibility index (Phi) is 9.57. The monoisotopic (exact) mass is 426 g/mol. The van der Waals surface area contributed by atoms with Gasteiger partial charge in [-0.1, -0.05) is 0 Å². The summed E-state index contributed by atoms with van der Waals surface area (Å²) in [6, 6.07) is 5.58. The van der Waals surface area contributed by atoms with E-state index in [1.54, 1.807) is 43.5 Å². The van der Waals surface area contributed by atoms with Gasteiger partial charge in [0.15, 0.2) is 0 Å². The third-order valence-electron chi connectivity index (χ3n) is 3.54. The molecular formula is C18H23ClN4O4S. The Morgan fingerprint density at radius 1 is 1.21 bits per heavy atom. The zero-order valence-electron chi connectivity index (χ0n) is 15.6. The van der Waals surface area contributed by atoms with Crippen molar-refractivity contribution in [3.8, 4) is 0 Å². The Morgan fingerprint density at radius 2 is 1.89 bits per heavy atom. The minimum atomic E-state index is -0.746. The maximum atomic E-state index is 12.2. The number of hydrogen-bond donors (Lipinski definition) is 3. The third-order valence-corrected chi connectivity index (χ3v) is 4.44. The number of carbonyl (C=O) groups excluding carboxylic acids is 3. The Bertz CT molecular complexity index is 810. The smallest absolute Gasteiger partial charge is 0.328 e. The molecule has 0 spiro atoms. The average molecular weight is 427 g/mol. The van der Waals surface area contributed by atoms with E-state index < -0.39 is 17.9 Å². The van der Waals surface area contributed by atoms with Crippen LogP contribution < -0.4 is 16.4 Å². The molecule has 2 amide bonds. The van der Waals surface area contributed by atoms with E-state index >= 15 is 0 Å². The number of esters is 1. The second-order valence-electron chi connectivity index (χ2n) is 5.64. The molecule has 1 atom stereocenters. The van der Waals surface area contributed by atoms with Crippen molar-refractivity contribution in [2.24, 2.45) is 5.73 Å². The number of halogens is 1. The van der Waals surface area contributed by atoms with Crippen LogP contribution in [0.15, 0.2) is 29.6 Å². The number of nitrogens with two attached hydrogens (primary N) is 1. The van der Waals surface area contributed by atoms with Gasteiger partial charge in [0.2, 0.25) is 0 Å². The molecule has 0 bridgehead atoms. The molecule has 2 rings (SSSR count). The fourth-order valence-corrected chi connectivity index (χ4v) is 2.95. The lowest BCUT2D eigenvalue weighted by atomic mass is 10.2. The van der Waals surface area contributed by atoms with Crippen LogP contribution in [0.1, 0.15) is 39.7 Å². The molecular weight excluding hydrogens is 404 g/mol. The molecule has 0 aliphatic rings. The molecule has 0 aliphatic carbocycles. The molecule has 0 saturated carbocycles. The number of hydrogen-bond acceptors (Lipinski definition) is 7. The second kappa shape index (κ2) is 11.4. The summed E-state index contributed by atoms with van der Waals surface area (Å²) in [4.78, 5) is 40.2. The van der Waals surface area contributed by atoms with Gasteiger partial charge in [0.1, 0.15) is 11.7 Å². The van der Waals surface area contributed by atoms with Gasteiger partial charge in [0, 0.05) is 23.1 Å². The second-order valence-corrected chi connectivity index (χ2v) is 6.59. The number of benzene rings is 1. The number of rotatable bonds is 8. The lowest BCUT2D eigenvalue weighted by molar-refractivity contribution is -0.144. The maximum Gasteiger partial charge on any atom is 0.328 e. The third kappa shape index (κ3) is 6.59. The van der Waals surface area contributed by atoms with Gasteiger partial charge in [-0.25, -0.2) is 9.78 Å². The fourth-order valence-electron chi connectivity index (χ4n) is 2.16. The van der Waals surface area contributed by atoms with E-state index in [-0.39, 0.29) is 24.9 Å². The first-order chi connectivity index (χ1) is 12.9. The van der Waals surface area contributed by atoms with Crippen LogP contribution in [0.3, 0.4) is 0 Å². The first kappa shape index (κ1) is 23.5. The zero-order valence-corrected chi connectivity index (χ0v) is 17.2. The molecule has 0 aliphatic heterocycles. The molecule has 1 aromatic heterocycles. The number of aromatic nitrogens is 1. The molecule has 4 N–H and O–H groups in total. The first-order valence-electron chi connectivity index (χ1n) is 8.48. The Balaban J connectivity index is 0.00000392. The summed E-state index contributed by atoms with van der Waals surface area (Å²) in [5.74, 6) is -1.23. The Labute approximate surface area is 173 Å². The number of amides is 2. The number of nitrogens with zero attached hydrogens (tertiary/aromatic N) is 1. The van der Waals surface area contributed by atoms with Crippen LogP contribution in [0.25, 0.3) is 0 Å². The van der Waals surface area contributed by atoms with Crippen LogP contribution in [-0.2, 0) is 16.0 Å². The van der Waals surface area contributed by atoms with Gasteiger partial charge in [-0.2, -0.15) is 0 Å². The molecule has 0 radical (unpaired) electrons. The average Bonchev–Trinajstić information content (AvgIpc) is 3.11. The van der Waals surface area contributed by atoms with Crippen molar-refractivity contribution in [2.45, 2.75) is 26.3 Å². The molecule has 28 heavy (non-hydrogen) atoms. The highest BCUT2D eigenvalue weighted by Gasteiger charge is 2.17. The quantitative estimate of drug-likeness (QED) is 0.554. The van der Waals surface area contributed by atoms with Gasteiger partial charge < -0.3 is 21.1 Å². The number of carbonyl (C=O) groups is 3. The topological polar surface area (TPSA) is 123 Å². The van der Waals surface area contributed by atoms with E-state index in [2.05, 4.69) is 15.6 Å². The number of ether oxygens (including phenoxy) is 1. The molecule has 8 nitrogen and oxygen atoms in total. The van der Waals surface area contributed by atoms with Crippen LogP contribution in [0.2, 0.25) is 0 Å². The van der Waals surface area contributed by atoms with Gasteiger partial charge in [-0.15, -0.1) is 23.7 Å². The predicted molar refractivity (Wildman–Crippen MR) is 110 cm³/mol. The van der Waals surface area contributed by atoms with E-state index in [4.69, 9.17) is 10.5 Å².